The Kier molecular flexibility index (Phi) is 6.76. The summed E-state index contributed by atoms with van der Waals surface area (Å²) < 4.78 is 1.66. The van der Waals surface area contributed by atoms with Crippen molar-refractivity contribution in [3.05, 3.63) is 76.5 Å². The van der Waals surface area contributed by atoms with E-state index in [1.807, 2.05) is 30.3 Å². The number of nitro groups is 1. The van der Waals surface area contributed by atoms with Gasteiger partial charge in [0.25, 0.3) is 5.69 Å². The fourth-order valence-corrected chi connectivity index (χ4v) is 3.09. The number of non-ortho nitro benzene ring substituents is 1. The van der Waals surface area contributed by atoms with Crippen LogP contribution in [0.25, 0.3) is 16.9 Å². The van der Waals surface area contributed by atoms with Gasteiger partial charge in [-0.1, -0.05) is 18.2 Å². The van der Waals surface area contributed by atoms with Gasteiger partial charge in [-0.25, -0.2) is 4.68 Å². The summed E-state index contributed by atoms with van der Waals surface area (Å²) in [5.41, 5.74) is 2.62. The number of hydrogen-bond acceptors (Lipinski definition) is 5. The van der Waals surface area contributed by atoms with Crippen molar-refractivity contribution in [2.45, 2.75) is 26.3 Å². The average molecular weight is 421 g/mol. The van der Waals surface area contributed by atoms with E-state index in [9.17, 15) is 19.7 Å². The zero-order valence-electron chi connectivity index (χ0n) is 17.2. The van der Waals surface area contributed by atoms with Gasteiger partial charge in [0.15, 0.2) is 0 Å². The van der Waals surface area contributed by atoms with E-state index in [0.717, 1.165) is 5.69 Å². The van der Waals surface area contributed by atoms with Crippen molar-refractivity contribution in [3.8, 4) is 16.9 Å². The Labute approximate surface area is 179 Å². The summed E-state index contributed by atoms with van der Waals surface area (Å²) in [4.78, 5) is 35.0. The lowest BCUT2D eigenvalue weighted by Crippen LogP contribution is -2.45. The number of rotatable bonds is 8. The first-order chi connectivity index (χ1) is 14.9. The zero-order valence-corrected chi connectivity index (χ0v) is 17.2. The number of carbonyl (C=O) groups is 2. The number of aromatic nitrogens is 2. The molecule has 160 valence electrons. The van der Waals surface area contributed by atoms with Crippen LogP contribution in [0.5, 0.6) is 0 Å². The fraction of sp³-hybridized carbons (Fsp3) is 0.227. The Balaban J connectivity index is 1.90. The van der Waals surface area contributed by atoms with E-state index in [0.29, 0.717) is 23.4 Å². The van der Waals surface area contributed by atoms with E-state index >= 15 is 0 Å². The molecular formula is C22H23N5O4. The van der Waals surface area contributed by atoms with Crippen LogP contribution in [0.4, 0.5) is 5.69 Å². The summed E-state index contributed by atoms with van der Waals surface area (Å²) in [5, 5.41) is 20.9. The lowest BCUT2D eigenvalue weighted by Gasteiger charge is -2.13. The van der Waals surface area contributed by atoms with Crippen LogP contribution in [0.15, 0.2) is 60.8 Å². The van der Waals surface area contributed by atoms with Crippen LogP contribution >= 0.6 is 0 Å². The summed E-state index contributed by atoms with van der Waals surface area (Å²) in [6.45, 7) is 3.90. The van der Waals surface area contributed by atoms with Gasteiger partial charge in [0.05, 0.1) is 22.7 Å². The standard InChI is InChI=1S/C22H23N5O4/c1-3-23-22(29)15(2)24-20(28)13-17-14-26(18-7-5-4-6-8-18)25-21(17)16-9-11-19(12-10-16)27(30)31/h4-12,14-15H,3,13H2,1-2H3,(H,23,29)(H,24,28)/t15-/m1/s1. The van der Waals surface area contributed by atoms with Gasteiger partial charge >= 0.3 is 0 Å². The molecule has 0 saturated carbocycles. The van der Waals surface area contributed by atoms with Crippen molar-refractivity contribution >= 4 is 17.5 Å². The molecule has 3 rings (SSSR count). The number of nitrogens with one attached hydrogen (secondary N) is 2. The molecular weight excluding hydrogens is 398 g/mol. The third kappa shape index (κ3) is 5.33. The van der Waals surface area contributed by atoms with Gasteiger partial charge in [0, 0.05) is 36.0 Å². The van der Waals surface area contributed by atoms with Crippen molar-refractivity contribution in [2.24, 2.45) is 0 Å². The maximum atomic E-state index is 12.6. The monoisotopic (exact) mass is 421 g/mol. The number of carbonyl (C=O) groups excluding carboxylic acids is 2. The molecule has 0 aliphatic carbocycles. The van der Waals surface area contributed by atoms with E-state index in [4.69, 9.17) is 0 Å². The van der Waals surface area contributed by atoms with Crippen LogP contribution < -0.4 is 10.6 Å². The van der Waals surface area contributed by atoms with Crippen LogP contribution in [0.3, 0.4) is 0 Å². The van der Waals surface area contributed by atoms with Crippen molar-refractivity contribution < 1.29 is 14.5 Å². The van der Waals surface area contributed by atoms with Gasteiger partial charge < -0.3 is 10.6 Å². The molecule has 0 unspecified atom stereocenters. The molecule has 1 aromatic heterocycles. The Morgan fingerprint density at radius 3 is 2.42 bits per heavy atom. The highest BCUT2D eigenvalue weighted by Gasteiger charge is 2.19. The Morgan fingerprint density at radius 1 is 1.13 bits per heavy atom. The topological polar surface area (TPSA) is 119 Å². The van der Waals surface area contributed by atoms with E-state index in [1.54, 1.807) is 36.9 Å². The molecule has 1 atom stereocenters. The molecule has 0 bridgehead atoms. The zero-order chi connectivity index (χ0) is 22.4. The predicted molar refractivity (Wildman–Crippen MR) is 116 cm³/mol. The molecule has 0 saturated heterocycles. The maximum Gasteiger partial charge on any atom is 0.269 e. The van der Waals surface area contributed by atoms with Gasteiger partial charge in [-0.3, -0.25) is 19.7 Å². The molecule has 2 amide bonds. The van der Waals surface area contributed by atoms with Crippen LogP contribution in [0.2, 0.25) is 0 Å². The maximum absolute atomic E-state index is 12.6. The highest BCUT2D eigenvalue weighted by atomic mass is 16.6. The SMILES string of the molecule is CCNC(=O)[C@@H](C)NC(=O)Cc1cn(-c2ccccc2)nc1-c1ccc([N+](=O)[O-])cc1. The molecule has 2 N–H and O–H groups in total. The number of amides is 2. The fourth-order valence-electron chi connectivity index (χ4n) is 3.09. The molecule has 0 radical (unpaired) electrons. The molecule has 31 heavy (non-hydrogen) atoms. The number of nitrogens with zero attached hydrogens (tertiary/aromatic N) is 3. The molecule has 1 heterocycles. The summed E-state index contributed by atoms with van der Waals surface area (Å²) in [6, 6.07) is 14.8. The van der Waals surface area contributed by atoms with Gasteiger partial charge in [-0.2, -0.15) is 5.10 Å². The molecule has 0 aliphatic heterocycles. The highest BCUT2D eigenvalue weighted by molar-refractivity contribution is 5.88. The highest BCUT2D eigenvalue weighted by Crippen LogP contribution is 2.26. The molecule has 0 aliphatic rings. The van der Waals surface area contributed by atoms with Crippen LogP contribution in [0, 0.1) is 10.1 Å². The molecule has 3 aromatic rings. The van der Waals surface area contributed by atoms with Crippen LogP contribution in [0.1, 0.15) is 19.4 Å². The minimum absolute atomic E-state index is 0.00288. The first-order valence-electron chi connectivity index (χ1n) is 9.85. The quantitative estimate of drug-likeness (QED) is 0.428. The number of nitro benzene ring substituents is 1. The molecule has 9 nitrogen and oxygen atoms in total. The second-order valence-corrected chi connectivity index (χ2v) is 6.95. The normalized spacial score (nSPS) is 11.5. The molecule has 0 fully saturated rings. The molecule has 0 spiro atoms. The van der Waals surface area contributed by atoms with E-state index in [1.165, 1.54) is 12.1 Å². The van der Waals surface area contributed by atoms with Gasteiger partial charge in [-0.05, 0) is 38.1 Å². The summed E-state index contributed by atoms with van der Waals surface area (Å²) in [7, 11) is 0. The number of para-hydroxylation sites is 1. The predicted octanol–water partition coefficient (Wildman–Crippen LogP) is 2.63. The van der Waals surface area contributed by atoms with Gasteiger partial charge in [0.1, 0.15) is 6.04 Å². The number of benzene rings is 2. The van der Waals surface area contributed by atoms with Crippen LogP contribution in [-0.2, 0) is 16.0 Å². The van der Waals surface area contributed by atoms with Crippen molar-refractivity contribution in [2.75, 3.05) is 6.54 Å². The molecule has 2 aromatic carbocycles. The van der Waals surface area contributed by atoms with Crippen LogP contribution in [-0.4, -0.2) is 39.1 Å². The van der Waals surface area contributed by atoms with Gasteiger partial charge in [0.2, 0.25) is 11.8 Å². The van der Waals surface area contributed by atoms with Gasteiger partial charge in [-0.15, -0.1) is 0 Å². The minimum atomic E-state index is -0.667. The smallest absolute Gasteiger partial charge is 0.269 e. The Bertz CT molecular complexity index is 1080. The third-order valence-corrected chi connectivity index (χ3v) is 4.64. The van der Waals surface area contributed by atoms with Crippen molar-refractivity contribution in [3.63, 3.8) is 0 Å². The van der Waals surface area contributed by atoms with Crippen molar-refractivity contribution in [1.29, 1.82) is 0 Å². The second-order valence-electron chi connectivity index (χ2n) is 6.95. The largest absolute Gasteiger partial charge is 0.355 e. The van der Waals surface area contributed by atoms with Crippen molar-refractivity contribution in [1.82, 2.24) is 20.4 Å². The second kappa shape index (κ2) is 9.66. The summed E-state index contributed by atoms with van der Waals surface area (Å²) >= 11 is 0. The molecule has 9 heteroatoms. The first kappa shape index (κ1) is 21.7. The Morgan fingerprint density at radius 2 is 1.81 bits per heavy atom. The lowest BCUT2D eigenvalue weighted by molar-refractivity contribution is -0.384. The van der Waals surface area contributed by atoms with E-state index in [-0.39, 0.29) is 23.9 Å². The third-order valence-electron chi connectivity index (χ3n) is 4.64. The lowest BCUT2D eigenvalue weighted by atomic mass is 10.1. The van der Waals surface area contributed by atoms with E-state index in [2.05, 4.69) is 15.7 Å². The average Bonchev–Trinajstić information content (AvgIpc) is 3.18. The number of hydrogen-bond donors (Lipinski definition) is 2. The summed E-state index contributed by atoms with van der Waals surface area (Å²) in [6.07, 6.45) is 1.76. The summed E-state index contributed by atoms with van der Waals surface area (Å²) in [5.74, 6) is -0.582. The first-order valence-corrected chi connectivity index (χ1v) is 9.85. The Hall–Kier alpha value is -4.01. The number of likely N-dealkylation sites (N-methyl/N-ethyl adjacent to an activating group) is 1. The minimum Gasteiger partial charge on any atom is -0.355 e. The van der Waals surface area contributed by atoms with E-state index < -0.39 is 11.0 Å².